The lowest BCUT2D eigenvalue weighted by molar-refractivity contribution is 0.187. The zero-order valence-corrected chi connectivity index (χ0v) is 10.2. The van der Waals surface area contributed by atoms with Gasteiger partial charge in [0.05, 0.1) is 0 Å². The van der Waals surface area contributed by atoms with Crippen LogP contribution in [0.4, 0.5) is 0 Å². The molecule has 0 amide bonds. The molecule has 0 bridgehead atoms. The molecule has 1 aliphatic rings. The van der Waals surface area contributed by atoms with Crippen molar-refractivity contribution >= 4 is 0 Å². The van der Waals surface area contributed by atoms with E-state index in [4.69, 9.17) is 0 Å². The van der Waals surface area contributed by atoms with Gasteiger partial charge in [-0.05, 0) is 38.8 Å². The highest BCUT2D eigenvalue weighted by Gasteiger charge is 2.24. The van der Waals surface area contributed by atoms with Gasteiger partial charge in [0.2, 0.25) is 0 Å². The van der Waals surface area contributed by atoms with E-state index in [9.17, 15) is 0 Å². The van der Waals surface area contributed by atoms with Gasteiger partial charge in [-0.1, -0.05) is 20.8 Å². The lowest BCUT2D eigenvalue weighted by Crippen LogP contribution is -2.44. The van der Waals surface area contributed by atoms with Gasteiger partial charge in [0.25, 0.3) is 0 Å². The van der Waals surface area contributed by atoms with Gasteiger partial charge in [-0.2, -0.15) is 0 Å². The molecule has 0 radical (unpaired) electrons. The van der Waals surface area contributed by atoms with Crippen LogP contribution in [0.2, 0.25) is 0 Å². The Bertz CT molecular complexity index is 152. The lowest BCUT2D eigenvalue weighted by Gasteiger charge is -2.31. The standard InChI is InChI=1S/C12H26N2/c1-5-8-14(4)12(10(2)3)9-13-11-6-7-11/h10-13H,5-9H2,1-4H3. The monoisotopic (exact) mass is 198 g/mol. The number of nitrogens with one attached hydrogen (secondary N) is 1. The molecular weight excluding hydrogens is 172 g/mol. The highest BCUT2D eigenvalue weighted by molar-refractivity contribution is 4.84. The molecule has 0 saturated heterocycles. The normalized spacial score (nSPS) is 19.3. The van der Waals surface area contributed by atoms with Gasteiger partial charge >= 0.3 is 0 Å². The molecule has 0 aromatic rings. The van der Waals surface area contributed by atoms with Crippen LogP contribution in [0.5, 0.6) is 0 Å². The third-order valence-corrected chi connectivity index (χ3v) is 3.11. The molecule has 0 aromatic carbocycles. The smallest absolute Gasteiger partial charge is 0.0240 e. The highest BCUT2D eigenvalue weighted by atomic mass is 15.2. The predicted octanol–water partition coefficient (Wildman–Crippen LogP) is 2.10. The van der Waals surface area contributed by atoms with Crippen LogP contribution in [0.15, 0.2) is 0 Å². The van der Waals surface area contributed by atoms with Crippen molar-refractivity contribution in [3.8, 4) is 0 Å². The molecule has 1 rings (SSSR count). The summed E-state index contributed by atoms with van der Waals surface area (Å²) >= 11 is 0. The van der Waals surface area contributed by atoms with Crippen LogP contribution in [-0.4, -0.2) is 37.1 Å². The number of hydrogen-bond acceptors (Lipinski definition) is 2. The van der Waals surface area contributed by atoms with Crippen LogP contribution in [-0.2, 0) is 0 Å². The van der Waals surface area contributed by atoms with Crippen molar-refractivity contribution < 1.29 is 0 Å². The molecule has 0 aliphatic heterocycles. The van der Waals surface area contributed by atoms with Gasteiger partial charge in [0, 0.05) is 18.6 Å². The Morgan fingerprint density at radius 2 is 2.00 bits per heavy atom. The summed E-state index contributed by atoms with van der Waals surface area (Å²) in [4.78, 5) is 2.50. The Balaban J connectivity index is 2.28. The fraction of sp³-hybridized carbons (Fsp3) is 1.00. The van der Waals surface area contributed by atoms with Crippen molar-refractivity contribution in [2.45, 2.75) is 52.1 Å². The molecule has 1 N–H and O–H groups in total. The van der Waals surface area contributed by atoms with Gasteiger partial charge in [-0.25, -0.2) is 0 Å². The van der Waals surface area contributed by atoms with E-state index in [1.807, 2.05) is 0 Å². The summed E-state index contributed by atoms with van der Waals surface area (Å²) < 4.78 is 0. The van der Waals surface area contributed by atoms with Crippen LogP contribution in [0.1, 0.15) is 40.0 Å². The summed E-state index contributed by atoms with van der Waals surface area (Å²) in [5, 5.41) is 3.64. The third-order valence-electron chi connectivity index (χ3n) is 3.11. The Kier molecular flexibility index (Phi) is 4.90. The van der Waals surface area contributed by atoms with Crippen molar-refractivity contribution in [2.24, 2.45) is 5.92 Å². The molecule has 1 fully saturated rings. The maximum atomic E-state index is 3.64. The maximum Gasteiger partial charge on any atom is 0.0240 e. The van der Waals surface area contributed by atoms with Crippen molar-refractivity contribution in [1.82, 2.24) is 10.2 Å². The zero-order valence-electron chi connectivity index (χ0n) is 10.2. The summed E-state index contributed by atoms with van der Waals surface area (Å²) in [7, 11) is 2.25. The molecule has 1 aliphatic carbocycles. The van der Waals surface area contributed by atoms with E-state index in [0.29, 0.717) is 6.04 Å². The second kappa shape index (κ2) is 5.72. The molecule has 2 heteroatoms. The Hall–Kier alpha value is -0.0800. The molecule has 1 atom stereocenters. The fourth-order valence-electron chi connectivity index (χ4n) is 1.99. The van der Waals surface area contributed by atoms with Crippen molar-refractivity contribution in [3.63, 3.8) is 0 Å². The molecule has 0 spiro atoms. The fourth-order valence-corrected chi connectivity index (χ4v) is 1.99. The van der Waals surface area contributed by atoms with Crippen LogP contribution in [0.3, 0.4) is 0 Å². The van der Waals surface area contributed by atoms with E-state index >= 15 is 0 Å². The minimum absolute atomic E-state index is 0.704. The average molecular weight is 198 g/mol. The summed E-state index contributed by atoms with van der Waals surface area (Å²) in [6, 6.07) is 1.54. The predicted molar refractivity (Wildman–Crippen MR) is 62.6 cm³/mol. The number of rotatable bonds is 7. The largest absolute Gasteiger partial charge is 0.312 e. The summed E-state index contributed by atoms with van der Waals surface area (Å²) in [6.07, 6.45) is 4.04. The van der Waals surface area contributed by atoms with Crippen molar-refractivity contribution in [2.75, 3.05) is 20.1 Å². The first kappa shape index (κ1) is 12.0. The molecule has 0 aromatic heterocycles. The van der Waals surface area contributed by atoms with Crippen LogP contribution >= 0.6 is 0 Å². The van der Waals surface area contributed by atoms with E-state index in [1.54, 1.807) is 0 Å². The molecule has 14 heavy (non-hydrogen) atoms. The topological polar surface area (TPSA) is 15.3 Å². The van der Waals surface area contributed by atoms with Gasteiger partial charge < -0.3 is 10.2 Å². The molecule has 1 saturated carbocycles. The van der Waals surface area contributed by atoms with Crippen LogP contribution < -0.4 is 5.32 Å². The zero-order chi connectivity index (χ0) is 10.6. The average Bonchev–Trinajstić information content (AvgIpc) is 2.88. The molecule has 1 unspecified atom stereocenters. The first-order chi connectivity index (χ1) is 6.65. The second-order valence-electron chi connectivity index (χ2n) is 4.97. The second-order valence-corrected chi connectivity index (χ2v) is 4.97. The summed E-state index contributed by atoms with van der Waals surface area (Å²) in [5.74, 6) is 0.748. The first-order valence-electron chi connectivity index (χ1n) is 6.08. The first-order valence-corrected chi connectivity index (χ1v) is 6.08. The Labute approximate surface area is 89.1 Å². The van der Waals surface area contributed by atoms with Gasteiger partial charge in [0.15, 0.2) is 0 Å². The van der Waals surface area contributed by atoms with E-state index in [-0.39, 0.29) is 0 Å². The van der Waals surface area contributed by atoms with Crippen LogP contribution in [0.25, 0.3) is 0 Å². The van der Waals surface area contributed by atoms with E-state index < -0.39 is 0 Å². The summed E-state index contributed by atoms with van der Waals surface area (Å²) in [6.45, 7) is 9.28. The minimum atomic E-state index is 0.704. The van der Waals surface area contributed by atoms with Gasteiger partial charge in [0.1, 0.15) is 0 Å². The maximum absolute atomic E-state index is 3.64. The number of likely N-dealkylation sites (N-methyl/N-ethyl adjacent to an activating group) is 1. The quantitative estimate of drug-likeness (QED) is 0.674. The van der Waals surface area contributed by atoms with Crippen LogP contribution in [0, 0.1) is 5.92 Å². The van der Waals surface area contributed by atoms with E-state index in [2.05, 4.69) is 38.0 Å². The third kappa shape index (κ3) is 3.97. The number of nitrogens with zero attached hydrogens (tertiary/aromatic N) is 1. The van der Waals surface area contributed by atoms with Crippen molar-refractivity contribution in [3.05, 3.63) is 0 Å². The lowest BCUT2D eigenvalue weighted by atomic mass is 10.0. The molecular formula is C12H26N2. The number of hydrogen-bond donors (Lipinski definition) is 1. The van der Waals surface area contributed by atoms with E-state index in [1.165, 1.54) is 32.4 Å². The molecule has 2 nitrogen and oxygen atoms in total. The van der Waals surface area contributed by atoms with Crippen molar-refractivity contribution in [1.29, 1.82) is 0 Å². The highest BCUT2D eigenvalue weighted by Crippen LogP contribution is 2.19. The van der Waals surface area contributed by atoms with E-state index in [0.717, 1.165) is 12.0 Å². The Morgan fingerprint density at radius 1 is 1.36 bits per heavy atom. The van der Waals surface area contributed by atoms with Gasteiger partial charge in [-0.15, -0.1) is 0 Å². The SMILES string of the molecule is CCCN(C)C(CNC1CC1)C(C)C. The molecule has 84 valence electrons. The minimum Gasteiger partial charge on any atom is -0.312 e. The summed E-state index contributed by atoms with van der Waals surface area (Å²) in [5.41, 5.74) is 0. The van der Waals surface area contributed by atoms with Gasteiger partial charge in [-0.3, -0.25) is 0 Å². The Morgan fingerprint density at radius 3 is 2.43 bits per heavy atom. The molecule has 0 heterocycles.